The molecule has 1 fully saturated rings. The van der Waals surface area contributed by atoms with Gasteiger partial charge in [-0.15, -0.1) is 11.3 Å². The van der Waals surface area contributed by atoms with Crippen LogP contribution in [0.5, 0.6) is 5.75 Å². The Morgan fingerprint density at radius 1 is 1.42 bits per heavy atom. The molecule has 2 atom stereocenters. The van der Waals surface area contributed by atoms with Crippen molar-refractivity contribution in [2.24, 2.45) is 5.41 Å². The van der Waals surface area contributed by atoms with Crippen LogP contribution >= 0.6 is 11.3 Å². The molecule has 2 aromatic rings. The van der Waals surface area contributed by atoms with Crippen molar-refractivity contribution in [3.63, 3.8) is 0 Å². The van der Waals surface area contributed by atoms with Crippen molar-refractivity contribution < 1.29 is 19.4 Å². The van der Waals surface area contributed by atoms with E-state index in [4.69, 9.17) is 4.74 Å². The second kappa shape index (κ2) is 6.39. The number of likely N-dealkylation sites (tertiary alicyclic amines) is 1. The predicted octanol–water partition coefficient (Wildman–Crippen LogP) is 2.47. The number of aromatic nitrogens is 1. The van der Waals surface area contributed by atoms with Gasteiger partial charge in [-0.2, -0.15) is 0 Å². The van der Waals surface area contributed by atoms with E-state index in [9.17, 15) is 14.7 Å². The SMILES string of the molecule is Cc1ncsc1CCC(=O)N1CC2c3ccccc3OCC2(C(=O)O)C1. The van der Waals surface area contributed by atoms with Crippen molar-refractivity contribution in [1.82, 2.24) is 9.88 Å². The summed E-state index contributed by atoms with van der Waals surface area (Å²) in [6.45, 7) is 2.66. The second-order valence-electron chi connectivity index (χ2n) is 6.98. The number of rotatable bonds is 4. The third-order valence-electron chi connectivity index (χ3n) is 5.51. The van der Waals surface area contributed by atoms with E-state index in [1.54, 1.807) is 21.7 Å². The zero-order valence-corrected chi connectivity index (χ0v) is 15.3. The number of para-hydroxylation sites is 1. The molecule has 7 heteroatoms. The number of nitrogens with zero attached hydrogens (tertiary/aromatic N) is 2. The maximum absolute atomic E-state index is 12.7. The molecule has 6 nitrogen and oxygen atoms in total. The Labute approximate surface area is 155 Å². The van der Waals surface area contributed by atoms with Gasteiger partial charge < -0.3 is 14.7 Å². The number of amides is 1. The molecule has 1 aromatic carbocycles. The minimum absolute atomic E-state index is 0.00898. The average molecular weight is 372 g/mol. The molecule has 4 rings (SSSR count). The molecule has 1 N–H and O–H groups in total. The van der Waals surface area contributed by atoms with E-state index in [0.29, 0.717) is 19.4 Å². The minimum Gasteiger partial charge on any atom is -0.492 e. The largest absolute Gasteiger partial charge is 0.492 e. The van der Waals surface area contributed by atoms with E-state index < -0.39 is 11.4 Å². The molecule has 26 heavy (non-hydrogen) atoms. The third kappa shape index (κ3) is 2.67. The van der Waals surface area contributed by atoms with Crippen molar-refractivity contribution in [3.05, 3.63) is 45.9 Å². The Bertz CT molecular complexity index is 865. The smallest absolute Gasteiger partial charge is 0.315 e. The van der Waals surface area contributed by atoms with E-state index >= 15 is 0 Å². The number of carbonyl (C=O) groups is 2. The zero-order valence-electron chi connectivity index (χ0n) is 14.5. The first-order valence-corrected chi connectivity index (χ1v) is 9.51. The highest BCUT2D eigenvalue weighted by Gasteiger charge is 2.57. The zero-order chi connectivity index (χ0) is 18.3. The molecule has 0 saturated carbocycles. The van der Waals surface area contributed by atoms with Gasteiger partial charge in [-0.1, -0.05) is 18.2 Å². The summed E-state index contributed by atoms with van der Waals surface area (Å²) in [6, 6.07) is 7.53. The van der Waals surface area contributed by atoms with E-state index in [-0.39, 0.29) is 25.0 Å². The van der Waals surface area contributed by atoms with Crippen LogP contribution in [0.1, 0.15) is 28.5 Å². The van der Waals surface area contributed by atoms with Crippen LogP contribution in [0.25, 0.3) is 0 Å². The predicted molar refractivity (Wildman–Crippen MR) is 96.5 cm³/mol. The fraction of sp³-hybridized carbons (Fsp3) is 0.421. The molecule has 1 amide bonds. The number of carboxylic acids is 1. The molecule has 2 aliphatic rings. The molecule has 1 saturated heterocycles. The van der Waals surface area contributed by atoms with Gasteiger partial charge in [0.15, 0.2) is 0 Å². The molecule has 0 spiro atoms. The van der Waals surface area contributed by atoms with E-state index in [0.717, 1.165) is 21.9 Å². The highest BCUT2D eigenvalue weighted by Crippen LogP contribution is 2.49. The van der Waals surface area contributed by atoms with Crippen LogP contribution in [0.3, 0.4) is 0 Å². The fourth-order valence-corrected chi connectivity index (χ4v) is 4.75. The average Bonchev–Trinajstić information content (AvgIpc) is 3.24. The number of fused-ring (bicyclic) bond motifs is 3. The number of hydrogen-bond donors (Lipinski definition) is 1. The summed E-state index contributed by atoms with van der Waals surface area (Å²) in [6.07, 6.45) is 1.01. The normalized spacial score (nSPS) is 23.9. The fourth-order valence-electron chi connectivity index (χ4n) is 3.97. The number of carboxylic acid groups (broad SMARTS) is 1. The number of thiazole rings is 1. The Morgan fingerprint density at radius 3 is 2.96 bits per heavy atom. The summed E-state index contributed by atoms with van der Waals surface area (Å²) >= 11 is 1.55. The topological polar surface area (TPSA) is 79.7 Å². The number of carbonyl (C=O) groups excluding carboxylic acids is 1. The first-order chi connectivity index (χ1) is 12.5. The number of ether oxygens (including phenoxy) is 1. The maximum Gasteiger partial charge on any atom is 0.315 e. The number of aliphatic carboxylic acids is 1. The van der Waals surface area contributed by atoms with Gasteiger partial charge in [0.2, 0.25) is 5.91 Å². The quantitative estimate of drug-likeness (QED) is 0.892. The van der Waals surface area contributed by atoms with Crippen molar-refractivity contribution >= 4 is 23.2 Å². The second-order valence-corrected chi connectivity index (χ2v) is 7.91. The summed E-state index contributed by atoms with van der Waals surface area (Å²) in [5.74, 6) is -0.418. The molecular formula is C19H20N2O4S. The van der Waals surface area contributed by atoms with E-state index in [2.05, 4.69) is 4.98 Å². The van der Waals surface area contributed by atoms with Crippen molar-refractivity contribution in [2.75, 3.05) is 19.7 Å². The van der Waals surface area contributed by atoms with Gasteiger partial charge in [-0.25, -0.2) is 4.98 Å². The molecule has 136 valence electrons. The summed E-state index contributed by atoms with van der Waals surface area (Å²) in [4.78, 5) is 31.9. The number of hydrogen-bond acceptors (Lipinski definition) is 5. The highest BCUT2D eigenvalue weighted by atomic mass is 32.1. The van der Waals surface area contributed by atoms with Crippen LogP contribution in [0, 0.1) is 12.3 Å². The van der Waals surface area contributed by atoms with Crippen molar-refractivity contribution in [1.29, 1.82) is 0 Å². The summed E-state index contributed by atoms with van der Waals surface area (Å²) < 4.78 is 5.74. The first kappa shape index (κ1) is 17.0. The van der Waals surface area contributed by atoms with Crippen molar-refractivity contribution in [2.45, 2.75) is 25.7 Å². The van der Waals surface area contributed by atoms with Crippen LogP contribution in [0.2, 0.25) is 0 Å². The standard InChI is InChI=1S/C19H20N2O4S/c1-12-16(26-11-20-12)6-7-17(22)21-8-14-13-4-2-3-5-15(13)25-10-19(14,9-21)18(23)24/h2-5,11,14H,6-10H2,1H3,(H,23,24). The van der Waals surface area contributed by atoms with Crippen LogP contribution in [0.15, 0.2) is 29.8 Å². The van der Waals surface area contributed by atoms with Gasteiger partial charge in [0.1, 0.15) is 17.8 Å². The lowest BCUT2D eigenvalue weighted by atomic mass is 9.73. The van der Waals surface area contributed by atoms with Gasteiger partial charge in [0.25, 0.3) is 0 Å². The molecular weight excluding hydrogens is 352 g/mol. The monoisotopic (exact) mass is 372 g/mol. The van der Waals surface area contributed by atoms with Gasteiger partial charge >= 0.3 is 5.97 Å². The molecule has 0 aliphatic carbocycles. The molecule has 0 bridgehead atoms. The number of aryl methyl sites for hydroxylation is 2. The van der Waals surface area contributed by atoms with Crippen molar-refractivity contribution in [3.8, 4) is 5.75 Å². The molecule has 3 heterocycles. The summed E-state index contributed by atoms with van der Waals surface area (Å²) in [7, 11) is 0. The van der Waals surface area contributed by atoms with Crippen LogP contribution in [0.4, 0.5) is 0 Å². The van der Waals surface area contributed by atoms with Crippen LogP contribution in [-0.4, -0.2) is 46.6 Å². The molecule has 0 radical (unpaired) electrons. The Morgan fingerprint density at radius 2 is 2.23 bits per heavy atom. The highest BCUT2D eigenvalue weighted by molar-refractivity contribution is 7.09. The van der Waals surface area contributed by atoms with Gasteiger partial charge in [-0.05, 0) is 19.4 Å². The summed E-state index contributed by atoms with van der Waals surface area (Å²) in [5.41, 5.74) is 2.56. The Balaban J connectivity index is 1.55. The van der Waals surface area contributed by atoms with Gasteiger partial charge in [-0.3, -0.25) is 9.59 Å². The lowest BCUT2D eigenvalue weighted by Gasteiger charge is -2.35. The van der Waals surface area contributed by atoms with Gasteiger partial charge in [0, 0.05) is 35.9 Å². The molecule has 2 unspecified atom stereocenters. The van der Waals surface area contributed by atoms with E-state index in [1.807, 2.05) is 31.2 Å². The molecule has 2 aliphatic heterocycles. The van der Waals surface area contributed by atoms with Crippen LogP contribution < -0.4 is 4.74 Å². The van der Waals surface area contributed by atoms with Crippen LogP contribution in [-0.2, 0) is 16.0 Å². The van der Waals surface area contributed by atoms with E-state index in [1.165, 1.54) is 0 Å². The minimum atomic E-state index is -1.07. The first-order valence-electron chi connectivity index (χ1n) is 8.63. The summed E-state index contributed by atoms with van der Waals surface area (Å²) in [5, 5.41) is 9.92. The number of benzene rings is 1. The lowest BCUT2D eigenvalue weighted by Crippen LogP contribution is -2.46. The maximum atomic E-state index is 12.7. The Hall–Kier alpha value is -2.41. The lowest BCUT2D eigenvalue weighted by molar-refractivity contribution is -0.152. The third-order valence-corrected chi connectivity index (χ3v) is 6.51. The Kier molecular flexibility index (Phi) is 4.19. The van der Waals surface area contributed by atoms with Gasteiger partial charge in [0.05, 0.1) is 11.2 Å². The molecule has 1 aromatic heterocycles.